The van der Waals surface area contributed by atoms with E-state index in [2.05, 4.69) is 6.07 Å². The molecular formula is C25H20FN3O2. The summed E-state index contributed by atoms with van der Waals surface area (Å²) in [5.41, 5.74) is 2.96. The molecule has 6 heteroatoms. The molecule has 5 nitrogen and oxygen atoms in total. The van der Waals surface area contributed by atoms with E-state index in [1.807, 2.05) is 4.90 Å². The number of likely N-dealkylation sites (tertiary alicyclic amines) is 1. The lowest BCUT2D eigenvalue weighted by Crippen LogP contribution is -2.49. The van der Waals surface area contributed by atoms with Gasteiger partial charge in [0.2, 0.25) is 0 Å². The average Bonchev–Trinajstić information content (AvgIpc) is 2.80. The highest BCUT2D eigenvalue weighted by molar-refractivity contribution is 5.94. The zero-order valence-corrected chi connectivity index (χ0v) is 16.8. The van der Waals surface area contributed by atoms with Crippen LogP contribution in [0.4, 0.5) is 4.39 Å². The van der Waals surface area contributed by atoms with Gasteiger partial charge in [0.25, 0.3) is 11.5 Å². The normalized spacial score (nSPS) is 19.4. The molecule has 154 valence electrons. The highest BCUT2D eigenvalue weighted by Crippen LogP contribution is 2.40. The molecule has 1 fully saturated rings. The van der Waals surface area contributed by atoms with Crippen LogP contribution < -0.4 is 5.56 Å². The molecule has 0 N–H and O–H groups in total. The van der Waals surface area contributed by atoms with Crippen LogP contribution in [0.25, 0.3) is 11.1 Å². The fourth-order valence-electron chi connectivity index (χ4n) is 4.96. The molecule has 5 rings (SSSR count). The van der Waals surface area contributed by atoms with Crippen LogP contribution in [-0.2, 0) is 6.54 Å². The molecule has 0 spiro atoms. The molecule has 2 aliphatic heterocycles. The summed E-state index contributed by atoms with van der Waals surface area (Å²) in [5.74, 6) is -0.286. The van der Waals surface area contributed by atoms with Crippen LogP contribution in [0.1, 0.15) is 34.0 Å². The summed E-state index contributed by atoms with van der Waals surface area (Å²) >= 11 is 0. The summed E-state index contributed by atoms with van der Waals surface area (Å²) in [7, 11) is 0. The number of aromatic nitrogens is 1. The van der Waals surface area contributed by atoms with Crippen molar-refractivity contribution in [2.45, 2.75) is 18.9 Å². The zero-order chi connectivity index (χ0) is 21.5. The molecule has 31 heavy (non-hydrogen) atoms. The number of halogens is 1. The van der Waals surface area contributed by atoms with Crippen LogP contribution in [0.15, 0.2) is 65.5 Å². The van der Waals surface area contributed by atoms with Crippen LogP contribution >= 0.6 is 0 Å². The number of fused-ring (bicyclic) bond motifs is 4. The predicted molar refractivity (Wildman–Crippen MR) is 114 cm³/mol. The number of nitrogens with zero attached hydrogens (tertiary/aromatic N) is 3. The summed E-state index contributed by atoms with van der Waals surface area (Å²) in [6, 6.07) is 18.5. The van der Waals surface area contributed by atoms with Gasteiger partial charge in [0.05, 0.1) is 11.6 Å². The topological polar surface area (TPSA) is 66.1 Å². The Balaban J connectivity index is 1.53. The lowest BCUT2D eigenvalue weighted by Gasteiger charge is -2.43. The summed E-state index contributed by atoms with van der Waals surface area (Å²) in [5, 5.41) is 8.98. The van der Waals surface area contributed by atoms with Crippen LogP contribution in [0.5, 0.6) is 0 Å². The van der Waals surface area contributed by atoms with Crippen molar-refractivity contribution < 1.29 is 9.18 Å². The molecule has 3 heterocycles. The third-order valence-corrected chi connectivity index (χ3v) is 6.30. The smallest absolute Gasteiger partial charge is 0.253 e. The first kappa shape index (κ1) is 19.3. The van der Waals surface area contributed by atoms with Gasteiger partial charge in [0.1, 0.15) is 5.82 Å². The monoisotopic (exact) mass is 413 g/mol. The SMILES string of the molecule is N#Cc1ccc(C(=O)N2CC3CC(C2)c2c(-c4ccccc4F)ccc(=O)n2C3)cc1. The molecule has 3 aromatic rings. The van der Waals surface area contributed by atoms with Gasteiger partial charge in [-0.25, -0.2) is 4.39 Å². The molecule has 2 unspecified atom stereocenters. The van der Waals surface area contributed by atoms with E-state index in [1.54, 1.807) is 53.1 Å². The number of hydrogen-bond acceptors (Lipinski definition) is 3. The fourth-order valence-corrected chi connectivity index (χ4v) is 4.96. The first-order valence-corrected chi connectivity index (χ1v) is 10.3. The number of nitriles is 1. The maximum absolute atomic E-state index is 14.6. The number of carbonyl (C=O) groups is 1. The largest absolute Gasteiger partial charge is 0.338 e. The molecule has 2 aliphatic rings. The predicted octanol–water partition coefficient (Wildman–Crippen LogP) is 3.79. The van der Waals surface area contributed by atoms with Gasteiger partial charge in [-0.3, -0.25) is 9.59 Å². The molecule has 0 saturated carbocycles. The van der Waals surface area contributed by atoms with Crippen molar-refractivity contribution in [3.63, 3.8) is 0 Å². The fraction of sp³-hybridized carbons (Fsp3) is 0.240. The second-order valence-corrected chi connectivity index (χ2v) is 8.26. The number of rotatable bonds is 2. The number of benzene rings is 2. The Labute approximate surface area is 179 Å². The van der Waals surface area contributed by atoms with Crippen molar-refractivity contribution in [3.05, 3.63) is 93.7 Å². The number of pyridine rings is 1. The highest BCUT2D eigenvalue weighted by Gasteiger charge is 2.38. The third-order valence-electron chi connectivity index (χ3n) is 6.30. The molecule has 0 aliphatic carbocycles. The van der Waals surface area contributed by atoms with Crippen LogP contribution in [0.3, 0.4) is 0 Å². The Bertz CT molecular complexity index is 1270. The highest BCUT2D eigenvalue weighted by atomic mass is 19.1. The van der Waals surface area contributed by atoms with Gasteiger partial charge in [-0.1, -0.05) is 18.2 Å². The van der Waals surface area contributed by atoms with E-state index in [-0.39, 0.29) is 29.1 Å². The molecule has 2 bridgehead atoms. The Morgan fingerprint density at radius 1 is 0.968 bits per heavy atom. The number of piperidine rings is 1. The van der Waals surface area contributed by atoms with Crippen molar-refractivity contribution in [2.24, 2.45) is 5.92 Å². The second-order valence-electron chi connectivity index (χ2n) is 8.26. The van der Waals surface area contributed by atoms with Crippen molar-refractivity contribution >= 4 is 5.91 Å². The molecule has 2 atom stereocenters. The van der Waals surface area contributed by atoms with Gasteiger partial charge in [0, 0.05) is 54.0 Å². The van der Waals surface area contributed by atoms with E-state index in [0.717, 1.165) is 12.1 Å². The van der Waals surface area contributed by atoms with Crippen LogP contribution in [0, 0.1) is 23.1 Å². The summed E-state index contributed by atoms with van der Waals surface area (Å²) in [6.07, 6.45) is 0.863. The molecule has 2 aromatic carbocycles. The third kappa shape index (κ3) is 3.32. The minimum absolute atomic E-state index is 0.0432. The molecule has 1 aromatic heterocycles. The second kappa shape index (κ2) is 7.51. The summed E-state index contributed by atoms with van der Waals surface area (Å²) in [6.45, 7) is 1.56. The number of amides is 1. The van der Waals surface area contributed by atoms with Crippen molar-refractivity contribution in [1.82, 2.24) is 9.47 Å². The van der Waals surface area contributed by atoms with Crippen LogP contribution in [-0.4, -0.2) is 28.5 Å². The van der Waals surface area contributed by atoms with E-state index in [9.17, 15) is 14.0 Å². The van der Waals surface area contributed by atoms with Gasteiger partial charge < -0.3 is 9.47 Å². The van der Waals surface area contributed by atoms with Crippen LogP contribution in [0.2, 0.25) is 0 Å². The standard InChI is InChI=1S/C25H20FN3O2/c26-22-4-2-1-3-20(22)21-9-10-23(30)29-14-17-11-19(24(21)29)15-28(13-17)25(31)18-7-5-16(12-27)6-8-18/h1-10,17,19H,11,13-15H2. The van der Waals surface area contributed by atoms with E-state index in [1.165, 1.54) is 12.1 Å². The van der Waals surface area contributed by atoms with E-state index in [4.69, 9.17) is 5.26 Å². The molecule has 1 saturated heterocycles. The Morgan fingerprint density at radius 3 is 2.48 bits per heavy atom. The maximum Gasteiger partial charge on any atom is 0.253 e. The first-order chi connectivity index (χ1) is 15.0. The van der Waals surface area contributed by atoms with Gasteiger partial charge in [-0.05, 0) is 48.7 Å². The Hall–Kier alpha value is -3.72. The quantitative estimate of drug-likeness (QED) is 0.642. The number of carbonyl (C=O) groups excluding carboxylic acids is 1. The van der Waals surface area contributed by atoms with E-state index < -0.39 is 0 Å². The lowest BCUT2D eigenvalue weighted by molar-refractivity contribution is 0.0595. The lowest BCUT2D eigenvalue weighted by atomic mass is 9.80. The van der Waals surface area contributed by atoms with Crippen molar-refractivity contribution in [2.75, 3.05) is 13.1 Å². The molecular weight excluding hydrogens is 393 g/mol. The van der Waals surface area contributed by atoms with E-state index >= 15 is 0 Å². The maximum atomic E-state index is 14.6. The van der Waals surface area contributed by atoms with Gasteiger partial charge >= 0.3 is 0 Å². The molecule has 0 radical (unpaired) electrons. The molecule has 1 amide bonds. The minimum atomic E-state index is -0.326. The van der Waals surface area contributed by atoms with Gasteiger partial charge in [-0.2, -0.15) is 5.26 Å². The zero-order valence-electron chi connectivity index (χ0n) is 16.8. The van der Waals surface area contributed by atoms with Gasteiger partial charge in [-0.15, -0.1) is 0 Å². The summed E-state index contributed by atoms with van der Waals surface area (Å²) < 4.78 is 16.3. The first-order valence-electron chi connectivity index (χ1n) is 10.3. The van der Waals surface area contributed by atoms with Crippen molar-refractivity contribution in [3.8, 4) is 17.2 Å². The van der Waals surface area contributed by atoms with Gasteiger partial charge in [0.15, 0.2) is 0 Å². The Morgan fingerprint density at radius 2 is 1.74 bits per heavy atom. The Kier molecular flexibility index (Phi) is 4.67. The summed E-state index contributed by atoms with van der Waals surface area (Å²) in [4.78, 5) is 27.6. The average molecular weight is 413 g/mol. The van der Waals surface area contributed by atoms with E-state index in [0.29, 0.717) is 41.9 Å². The minimum Gasteiger partial charge on any atom is -0.338 e. The number of hydrogen-bond donors (Lipinski definition) is 0. The van der Waals surface area contributed by atoms with Crippen molar-refractivity contribution in [1.29, 1.82) is 5.26 Å².